The van der Waals surface area contributed by atoms with Gasteiger partial charge in [0.15, 0.2) is 5.76 Å². The van der Waals surface area contributed by atoms with Gasteiger partial charge in [-0.25, -0.2) is 0 Å². The molecule has 5 nitrogen and oxygen atoms in total. The van der Waals surface area contributed by atoms with Crippen LogP contribution in [0.25, 0.3) is 0 Å². The number of furan rings is 1. The lowest BCUT2D eigenvalue weighted by Gasteiger charge is -2.32. The van der Waals surface area contributed by atoms with Gasteiger partial charge >= 0.3 is 12.4 Å². The zero-order chi connectivity index (χ0) is 23.0. The number of carbonyl (C=O) groups is 2. The Kier molecular flexibility index (Phi) is 6.06. The van der Waals surface area contributed by atoms with Crippen LogP contribution in [0, 0.1) is 6.92 Å². The highest BCUT2D eigenvalue weighted by atomic mass is 19.4. The van der Waals surface area contributed by atoms with E-state index >= 15 is 0 Å². The standard InChI is InChI=1S/C20H18F6N2O3/c1-11-4-7-31-16(11)17(29)27-15-2-5-28(6-3-15)18(30)12-8-13(19(21,22)23)10-14(9-12)20(24,25)26/h4,7-10,15H,2-3,5-6H2,1H3,(H,27,29). The second-order valence-corrected chi connectivity index (χ2v) is 7.27. The highest BCUT2D eigenvalue weighted by molar-refractivity contribution is 5.95. The Hall–Kier alpha value is -2.98. The minimum absolute atomic E-state index is 0.0187. The third-order valence-electron chi connectivity index (χ3n) is 5.02. The predicted octanol–water partition coefficient (Wildman–Crippen LogP) is 4.66. The molecule has 168 valence electrons. The van der Waals surface area contributed by atoms with Crippen molar-refractivity contribution in [3.63, 3.8) is 0 Å². The normalized spacial score (nSPS) is 15.8. The van der Waals surface area contributed by atoms with Crippen molar-refractivity contribution in [2.24, 2.45) is 0 Å². The summed E-state index contributed by atoms with van der Waals surface area (Å²) in [6, 6.07) is 2.14. The van der Waals surface area contributed by atoms with Crippen LogP contribution >= 0.6 is 0 Å². The second kappa shape index (κ2) is 8.27. The van der Waals surface area contributed by atoms with Crippen LogP contribution in [0.4, 0.5) is 26.3 Å². The van der Waals surface area contributed by atoms with Crippen LogP contribution in [-0.2, 0) is 12.4 Å². The number of aryl methyl sites for hydroxylation is 1. The number of amides is 2. The molecule has 0 spiro atoms. The summed E-state index contributed by atoms with van der Waals surface area (Å²) in [5.74, 6) is -1.20. The van der Waals surface area contributed by atoms with Gasteiger partial charge in [-0.2, -0.15) is 26.3 Å². The highest BCUT2D eigenvalue weighted by Gasteiger charge is 2.38. The van der Waals surface area contributed by atoms with Crippen molar-refractivity contribution in [1.82, 2.24) is 10.2 Å². The van der Waals surface area contributed by atoms with Crippen LogP contribution in [0.3, 0.4) is 0 Å². The van der Waals surface area contributed by atoms with Crippen LogP contribution in [-0.4, -0.2) is 35.8 Å². The van der Waals surface area contributed by atoms with E-state index < -0.39 is 40.9 Å². The van der Waals surface area contributed by atoms with Crippen molar-refractivity contribution < 1.29 is 40.3 Å². The van der Waals surface area contributed by atoms with Crippen LogP contribution in [0.15, 0.2) is 34.9 Å². The summed E-state index contributed by atoms with van der Waals surface area (Å²) in [5.41, 5.74) is -3.12. The lowest BCUT2D eigenvalue weighted by Crippen LogP contribution is -2.46. The molecule has 1 aliphatic rings. The van der Waals surface area contributed by atoms with Crippen LogP contribution in [0.2, 0.25) is 0 Å². The van der Waals surface area contributed by atoms with Crippen molar-refractivity contribution in [1.29, 1.82) is 0 Å². The molecule has 0 radical (unpaired) electrons. The number of halogens is 6. The molecule has 1 aromatic heterocycles. The Bertz CT molecular complexity index is 940. The number of nitrogens with zero attached hydrogens (tertiary/aromatic N) is 1. The molecule has 0 bridgehead atoms. The number of nitrogens with one attached hydrogen (secondary N) is 1. The molecule has 3 rings (SSSR count). The summed E-state index contributed by atoms with van der Waals surface area (Å²) in [5, 5.41) is 2.75. The van der Waals surface area contributed by atoms with Crippen LogP contribution in [0.1, 0.15) is 50.4 Å². The van der Waals surface area contributed by atoms with Gasteiger partial charge in [-0.3, -0.25) is 9.59 Å². The summed E-state index contributed by atoms with van der Waals surface area (Å²) < 4.78 is 83.2. The number of benzene rings is 1. The molecule has 0 atom stereocenters. The maximum Gasteiger partial charge on any atom is 0.416 e. The van der Waals surface area contributed by atoms with Crippen molar-refractivity contribution in [3.8, 4) is 0 Å². The molecule has 2 aromatic rings. The van der Waals surface area contributed by atoms with E-state index in [1.807, 2.05) is 0 Å². The molecule has 1 N–H and O–H groups in total. The van der Waals surface area contributed by atoms with E-state index in [0.29, 0.717) is 30.5 Å². The van der Waals surface area contributed by atoms with E-state index in [1.165, 1.54) is 11.2 Å². The molecule has 0 unspecified atom stereocenters. The smallest absolute Gasteiger partial charge is 0.416 e. The summed E-state index contributed by atoms with van der Waals surface area (Å²) in [4.78, 5) is 26.0. The van der Waals surface area contributed by atoms with Gasteiger partial charge in [-0.1, -0.05) is 0 Å². The van der Waals surface area contributed by atoms with Gasteiger partial charge in [0.1, 0.15) is 0 Å². The van der Waals surface area contributed by atoms with Crippen LogP contribution in [0.5, 0.6) is 0 Å². The quantitative estimate of drug-likeness (QED) is 0.695. The first-order chi connectivity index (χ1) is 14.4. The molecule has 31 heavy (non-hydrogen) atoms. The summed E-state index contributed by atoms with van der Waals surface area (Å²) in [6.45, 7) is 1.83. The minimum atomic E-state index is -5.03. The molecule has 0 saturated carbocycles. The molecule has 2 heterocycles. The van der Waals surface area contributed by atoms with Crippen LogP contribution < -0.4 is 5.32 Å². The van der Waals surface area contributed by atoms with E-state index in [0.717, 1.165) is 0 Å². The number of likely N-dealkylation sites (tertiary alicyclic amines) is 1. The molecule has 2 amide bonds. The number of alkyl halides is 6. The van der Waals surface area contributed by atoms with Gasteiger partial charge in [0, 0.05) is 30.3 Å². The topological polar surface area (TPSA) is 62.6 Å². The first kappa shape index (κ1) is 22.7. The Morgan fingerprint density at radius 3 is 2.00 bits per heavy atom. The van der Waals surface area contributed by atoms with Gasteiger partial charge in [0.05, 0.1) is 17.4 Å². The van der Waals surface area contributed by atoms with Crippen molar-refractivity contribution in [2.75, 3.05) is 13.1 Å². The molecular formula is C20H18F6N2O3. The number of rotatable bonds is 3. The molecule has 1 saturated heterocycles. The number of carbonyl (C=O) groups excluding carboxylic acids is 2. The fourth-order valence-electron chi connectivity index (χ4n) is 3.34. The largest absolute Gasteiger partial charge is 0.459 e. The fourth-order valence-corrected chi connectivity index (χ4v) is 3.34. The summed E-state index contributed by atoms with van der Waals surface area (Å²) in [6.07, 6.45) is -8.10. The first-order valence-corrected chi connectivity index (χ1v) is 9.30. The third kappa shape index (κ3) is 5.20. The van der Waals surface area contributed by atoms with Crippen molar-refractivity contribution in [3.05, 3.63) is 58.5 Å². The summed E-state index contributed by atoms with van der Waals surface area (Å²) in [7, 11) is 0. The zero-order valence-electron chi connectivity index (χ0n) is 16.2. The predicted molar refractivity (Wildman–Crippen MR) is 96.3 cm³/mol. The zero-order valence-corrected chi connectivity index (χ0v) is 16.2. The summed E-state index contributed by atoms with van der Waals surface area (Å²) >= 11 is 0. The molecule has 11 heteroatoms. The minimum Gasteiger partial charge on any atom is -0.459 e. The monoisotopic (exact) mass is 448 g/mol. The Morgan fingerprint density at radius 2 is 1.55 bits per heavy atom. The third-order valence-corrected chi connectivity index (χ3v) is 5.02. The first-order valence-electron chi connectivity index (χ1n) is 9.30. The van der Waals surface area contributed by atoms with E-state index in [4.69, 9.17) is 4.42 Å². The van der Waals surface area contributed by atoms with Crippen molar-refractivity contribution in [2.45, 2.75) is 38.2 Å². The SMILES string of the molecule is Cc1ccoc1C(=O)NC1CCN(C(=O)c2cc(C(F)(F)F)cc(C(F)(F)F)c2)CC1. The van der Waals surface area contributed by atoms with Gasteiger partial charge in [0.2, 0.25) is 0 Å². The highest BCUT2D eigenvalue weighted by Crippen LogP contribution is 2.36. The Labute approximate surface area is 173 Å². The van der Waals surface area contributed by atoms with E-state index in [9.17, 15) is 35.9 Å². The number of hydrogen-bond acceptors (Lipinski definition) is 3. The van der Waals surface area contributed by atoms with E-state index in [-0.39, 0.29) is 31.0 Å². The van der Waals surface area contributed by atoms with E-state index in [2.05, 4.69) is 5.32 Å². The average molecular weight is 448 g/mol. The number of piperidine rings is 1. The van der Waals surface area contributed by atoms with Gasteiger partial charge in [0.25, 0.3) is 11.8 Å². The fraction of sp³-hybridized carbons (Fsp3) is 0.400. The maximum absolute atomic E-state index is 13.0. The number of hydrogen-bond donors (Lipinski definition) is 1. The maximum atomic E-state index is 13.0. The molecule has 1 aliphatic heterocycles. The lowest BCUT2D eigenvalue weighted by molar-refractivity contribution is -0.143. The van der Waals surface area contributed by atoms with Gasteiger partial charge < -0.3 is 14.6 Å². The second-order valence-electron chi connectivity index (χ2n) is 7.27. The molecule has 0 aliphatic carbocycles. The molecular weight excluding hydrogens is 430 g/mol. The van der Waals surface area contributed by atoms with Gasteiger partial charge in [-0.05, 0) is 44.0 Å². The lowest BCUT2D eigenvalue weighted by atomic mass is 10.0. The Balaban J connectivity index is 1.70. The van der Waals surface area contributed by atoms with Crippen molar-refractivity contribution >= 4 is 11.8 Å². The Morgan fingerprint density at radius 1 is 1.00 bits per heavy atom. The molecule has 1 aromatic carbocycles. The average Bonchev–Trinajstić information content (AvgIpc) is 3.12. The van der Waals surface area contributed by atoms with Gasteiger partial charge in [-0.15, -0.1) is 0 Å². The molecule has 1 fully saturated rings. The van der Waals surface area contributed by atoms with E-state index in [1.54, 1.807) is 13.0 Å².